The summed E-state index contributed by atoms with van der Waals surface area (Å²) in [5.74, 6) is 0.701. The van der Waals surface area contributed by atoms with E-state index in [0.717, 1.165) is 12.2 Å². The van der Waals surface area contributed by atoms with Crippen LogP contribution in [0.25, 0.3) is 0 Å². The van der Waals surface area contributed by atoms with Gasteiger partial charge in [0.2, 0.25) is 5.91 Å². The first-order valence-electron chi connectivity index (χ1n) is 8.12. The van der Waals surface area contributed by atoms with Gasteiger partial charge in [0, 0.05) is 57.4 Å². The molecule has 0 aromatic carbocycles. The normalized spacial score (nSPS) is 20.3. The summed E-state index contributed by atoms with van der Waals surface area (Å²) < 4.78 is 1.80. The van der Waals surface area contributed by atoms with E-state index in [-0.39, 0.29) is 12.5 Å². The molecule has 8 nitrogen and oxygen atoms in total. The molecule has 0 saturated carbocycles. The highest BCUT2D eigenvalue weighted by atomic mass is 16.3. The van der Waals surface area contributed by atoms with Gasteiger partial charge in [-0.2, -0.15) is 5.10 Å². The van der Waals surface area contributed by atoms with E-state index in [1.165, 1.54) is 0 Å². The SMILES string of the molecule is O=C(CCCn1cccn1)NCC1(O)CCN(c2cnccn2)C1. The monoisotopic (exact) mass is 330 g/mol. The van der Waals surface area contributed by atoms with Gasteiger partial charge in [0.25, 0.3) is 0 Å². The summed E-state index contributed by atoms with van der Waals surface area (Å²) in [6.45, 7) is 2.11. The van der Waals surface area contributed by atoms with Crippen molar-refractivity contribution in [2.45, 2.75) is 31.4 Å². The zero-order chi connectivity index (χ0) is 16.8. The summed E-state index contributed by atoms with van der Waals surface area (Å²) in [5, 5.41) is 17.6. The highest BCUT2D eigenvalue weighted by molar-refractivity contribution is 5.75. The van der Waals surface area contributed by atoms with Gasteiger partial charge < -0.3 is 15.3 Å². The molecule has 1 unspecified atom stereocenters. The van der Waals surface area contributed by atoms with Crippen LogP contribution in [0.15, 0.2) is 37.1 Å². The Labute approximate surface area is 140 Å². The maximum atomic E-state index is 11.9. The standard InChI is InChI=1S/C16H22N6O2/c23-15(3-1-8-22-9-2-5-20-22)19-12-16(24)4-10-21(13-16)14-11-17-6-7-18-14/h2,5-7,9,11,24H,1,3-4,8,10,12-13H2,(H,19,23). The maximum absolute atomic E-state index is 11.9. The van der Waals surface area contributed by atoms with Crippen LogP contribution in [0.1, 0.15) is 19.3 Å². The van der Waals surface area contributed by atoms with Gasteiger partial charge in [-0.3, -0.25) is 14.5 Å². The van der Waals surface area contributed by atoms with Gasteiger partial charge >= 0.3 is 0 Å². The first kappa shape index (κ1) is 16.4. The summed E-state index contributed by atoms with van der Waals surface area (Å²) in [4.78, 5) is 22.2. The summed E-state index contributed by atoms with van der Waals surface area (Å²) in [5.41, 5.74) is -0.921. The Kier molecular flexibility index (Phi) is 5.05. The van der Waals surface area contributed by atoms with Crippen molar-refractivity contribution < 1.29 is 9.90 Å². The first-order chi connectivity index (χ1) is 11.6. The Morgan fingerprint density at radius 3 is 3.04 bits per heavy atom. The minimum absolute atomic E-state index is 0.0477. The summed E-state index contributed by atoms with van der Waals surface area (Å²) in [6, 6.07) is 1.86. The number of hydrogen-bond acceptors (Lipinski definition) is 6. The molecular weight excluding hydrogens is 308 g/mol. The predicted molar refractivity (Wildman–Crippen MR) is 88.3 cm³/mol. The molecule has 3 rings (SSSR count). The lowest BCUT2D eigenvalue weighted by molar-refractivity contribution is -0.122. The number of nitrogens with one attached hydrogen (secondary N) is 1. The summed E-state index contributed by atoms with van der Waals surface area (Å²) >= 11 is 0. The zero-order valence-corrected chi connectivity index (χ0v) is 13.5. The third kappa shape index (κ3) is 4.29. The van der Waals surface area contributed by atoms with Gasteiger partial charge in [0.15, 0.2) is 0 Å². The molecule has 2 aromatic heterocycles. The second-order valence-electron chi connectivity index (χ2n) is 6.11. The smallest absolute Gasteiger partial charge is 0.220 e. The van der Waals surface area contributed by atoms with E-state index in [9.17, 15) is 9.90 Å². The van der Waals surface area contributed by atoms with E-state index < -0.39 is 5.60 Å². The molecule has 0 bridgehead atoms. The van der Waals surface area contributed by atoms with Crippen LogP contribution < -0.4 is 10.2 Å². The number of rotatable bonds is 7. The molecule has 2 N–H and O–H groups in total. The lowest BCUT2D eigenvalue weighted by Gasteiger charge is -2.24. The van der Waals surface area contributed by atoms with Crippen molar-refractivity contribution in [2.24, 2.45) is 0 Å². The number of nitrogens with zero attached hydrogens (tertiary/aromatic N) is 5. The molecule has 1 aliphatic rings. The lowest BCUT2D eigenvalue weighted by Crippen LogP contribution is -2.45. The number of β-amino-alcohol motifs (C(OH)–C–C–N with tert-alkyl or cyclic N) is 1. The summed E-state index contributed by atoms with van der Waals surface area (Å²) in [6.07, 6.45) is 10.3. The number of carbonyl (C=O) groups is 1. The topological polar surface area (TPSA) is 96.2 Å². The number of aromatic nitrogens is 4. The van der Waals surface area contributed by atoms with Crippen molar-refractivity contribution in [3.05, 3.63) is 37.1 Å². The van der Waals surface area contributed by atoms with Crippen LogP contribution in [0.4, 0.5) is 5.82 Å². The second kappa shape index (κ2) is 7.39. The van der Waals surface area contributed by atoms with Crippen molar-refractivity contribution in [1.82, 2.24) is 25.1 Å². The largest absolute Gasteiger partial charge is 0.386 e. The zero-order valence-electron chi connectivity index (χ0n) is 13.5. The quantitative estimate of drug-likeness (QED) is 0.753. The number of anilines is 1. The number of aryl methyl sites for hydroxylation is 1. The Morgan fingerprint density at radius 2 is 2.29 bits per heavy atom. The van der Waals surface area contributed by atoms with E-state index in [1.54, 1.807) is 29.5 Å². The van der Waals surface area contributed by atoms with Gasteiger partial charge in [-0.05, 0) is 18.9 Å². The van der Waals surface area contributed by atoms with Gasteiger partial charge in [0.1, 0.15) is 11.4 Å². The Balaban J connectivity index is 1.40. The molecule has 1 atom stereocenters. The third-order valence-corrected chi connectivity index (χ3v) is 4.17. The lowest BCUT2D eigenvalue weighted by atomic mass is 10.0. The van der Waals surface area contributed by atoms with Crippen LogP contribution in [-0.2, 0) is 11.3 Å². The molecule has 128 valence electrons. The van der Waals surface area contributed by atoms with Crippen molar-refractivity contribution in [3.8, 4) is 0 Å². The average Bonchev–Trinajstić information content (AvgIpc) is 3.24. The van der Waals surface area contributed by atoms with Crippen LogP contribution in [-0.4, -0.2) is 56.0 Å². The van der Waals surface area contributed by atoms with Crippen molar-refractivity contribution in [3.63, 3.8) is 0 Å². The molecule has 8 heteroatoms. The molecule has 1 fully saturated rings. The van der Waals surface area contributed by atoms with Crippen LogP contribution in [0.5, 0.6) is 0 Å². The molecule has 1 aliphatic heterocycles. The summed E-state index contributed by atoms with van der Waals surface area (Å²) in [7, 11) is 0. The van der Waals surface area contributed by atoms with E-state index in [0.29, 0.717) is 32.5 Å². The van der Waals surface area contributed by atoms with Crippen LogP contribution in [0.3, 0.4) is 0 Å². The Bertz CT molecular complexity index is 648. The predicted octanol–water partition coefficient (Wildman–Crippen LogP) is 0.211. The van der Waals surface area contributed by atoms with E-state index in [1.807, 2.05) is 17.2 Å². The van der Waals surface area contributed by atoms with Gasteiger partial charge in [0.05, 0.1) is 6.20 Å². The molecule has 1 saturated heterocycles. The minimum atomic E-state index is -0.921. The molecular formula is C16H22N6O2. The molecule has 0 spiro atoms. The molecule has 2 aromatic rings. The fourth-order valence-corrected chi connectivity index (χ4v) is 2.84. The third-order valence-electron chi connectivity index (χ3n) is 4.17. The van der Waals surface area contributed by atoms with Crippen LogP contribution in [0.2, 0.25) is 0 Å². The van der Waals surface area contributed by atoms with E-state index in [2.05, 4.69) is 20.4 Å². The number of amides is 1. The number of carbonyl (C=O) groups excluding carboxylic acids is 1. The minimum Gasteiger partial charge on any atom is -0.386 e. The Morgan fingerprint density at radius 1 is 1.38 bits per heavy atom. The fourth-order valence-electron chi connectivity index (χ4n) is 2.84. The molecule has 3 heterocycles. The Hall–Kier alpha value is -2.48. The first-order valence-corrected chi connectivity index (χ1v) is 8.12. The fraction of sp³-hybridized carbons (Fsp3) is 0.500. The van der Waals surface area contributed by atoms with Crippen molar-refractivity contribution in [2.75, 3.05) is 24.5 Å². The molecule has 0 radical (unpaired) electrons. The van der Waals surface area contributed by atoms with E-state index >= 15 is 0 Å². The highest BCUT2D eigenvalue weighted by Crippen LogP contribution is 2.24. The molecule has 0 aliphatic carbocycles. The maximum Gasteiger partial charge on any atom is 0.220 e. The van der Waals surface area contributed by atoms with Gasteiger partial charge in [-0.15, -0.1) is 0 Å². The average molecular weight is 330 g/mol. The van der Waals surface area contributed by atoms with Gasteiger partial charge in [-0.25, -0.2) is 4.98 Å². The number of aliphatic hydroxyl groups is 1. The van der Waals surface area contributed by atoms with Crippen LogP contribution >= 0.6 is 0 Å². The van der Waals surface area contributed by atoms with Crippen LogP contribution in [0, 0.1) is 0 Å². The van der Waals surface area contributed by atoms with Crippen molar-refractivity contribution in [1.29, 1.82) is 0 Å². The highest BCUT2D eigenvalue weighted by Gasteiger charge is 2.36. The second-order valence-corrected chi connectivity index (χ2v) is 6.11. The van der Waals surface area contributed by atoms with Crippen molar-refractivity contribution >= 4 is 11.7 Å². The molecule has 1 amide bonds. The number of hydrogen-bond donors (Lipinski definition) is 2. The van der Waals surface area contributed by atoms with Gasteiger partial charge in [-0.1, -0.05) is 0 Å². The van der Waals surface area contributed by atoms with E-state index in [4.69, 9.17) is 0 Å². The molecule has 24 heavy (non-hydrogen) atoms.